The van der Waals surface area contributed by atoms with Gasteiger partial charge in [-0.2, -0.15) is 0 Å². The lowest BCUT2D eigenvalue weighted by Gasteiger charge is -2.03. The Morgan fingerprint density at radius 1 is 0.708 bits per heavy atom. The molecule has 0 radical (unpaired) electrons. The lowest BCUT2D eigenvalue weighted by atomic mass is 10.0. The Labute approximate surface area is 151 Å². The molecular weight excluding hydrogens is 292 g/mol. The summed E-state index contributed by atoms with van der Waals surface area (Å²) in [5.41, 5.74) is 0. The molecule has 0 amide bonds. The number of hydrogen-bond acceptors (Lipinski definition) is 0. The van der Waals surface area contributed by atoms with Crippen LogP contribution in [0.2, 0.25) is 0 Å². The molecule has 0 bridgehead atoms. The third-order valence-corrected chi connectivity index (χ3v) is 5.33. The van der Waals surface area contributed by atoms with Gasteiger partial charge in [0, 0.05) is 6.42 Å². The number of hydrogen-bond donors (Lipinski definition) is 0. The van der Waals surface area contributed by atoms with Crippen LogP contribution < -0.4 is 4.57 Å². The maximum Gasteiger partial charge on any atom is 0.255 e. The molecular formula is C22H43N2+. The van der Waals surface area contributed by atoms with Crippen molar-refractivity contribution in [2.24, 2.45) is 14.1 Å². The van der Waals surface area contributed by atoms with Crippen LogP contribution in [0.1, 0.15) is 109 Å². The summed E-state index contributed by atoms with van der Waals surface area (Å²) in [6.07, 6.45) is 27.1. The Kier molecular flexibility index (Phi) is 12.9. The molecule has 0 saturated heterocycles. The standard InChI is InChI=1S/C22H43N2/c1-4-5-6-7-8-9-10-11-12-13-14-15-16-17-18-19-22-23(2)20-21-24(22)3/h20-21H,4-19H2,1-3H3/q+1. The third-order valence-electron chi connectivity index (χ3n) is 5.33. The van der Waals surface area contributed by atoms with Crippen molar-refractivity contribution in [3.05, 3.63) is 18.2 Å². The largest absolute Gasteiger partial charge is 0.255 e. The number of unbranched alkanes of at least 4 members (excludes halogenated alkanes) is 14. The van der Waals surface area contributed by atoms with E-state index in [0.717, 1.165) is 0 Å². The lowest BCUT2D eigenvalue weighted by Crippen LogP contribution is -2.31. The molecule has 0 aromatic carbocycles. The van der Waals surface area contributed by atoms with Gasteiger partial charge in [-0.1, -0.05) is 96.8 Å². The maximum absolute atomic E-state index is 2.29. The first-order chi connectivity index (χ1) is 11.8. The summed E-state index contributed by atoms with van der Waals surface area (Å²) in [4.78, 5) is 0. The van der Waals surface area contributed by atoms with Gasteiger partial charge in [-0.05, 0) is 6.42 Å². The van der Waals surface area contributed by atoms with Crippen molar-refractivity contribution < 1.29 is 4.57 Å². The van der Waals surface area contributed by atoms with Crippen LogP contribution in [0.3, 0.4) is 0 Å². The zero-order chi connectivity index (χ0) is 17.5. The number of rotatable bonds is 16. The zero-order valence-corrected chi connectivity index (χ0v) is 16.9. The van der Waals surface area contributed by atoms with Crippen LogP contribution in [0.25, 0.3) is 0 Å². The van der Waals surface area contributed by atoms with Gasteiger partial charge in [-0.15, -0.1) is 0 Å². The summed E-state index contributed by atoms with van der Waals surface area (Å²) in [6, 6.07) is 0. The van der Waals surface area contributed by atoms with Gasteiger partial charge in [0.1, 0.15) is 12.4 Å². The average molecular weight is 336 g/mol. The highest BCUT2D eigenvalue weighted by molar-refractivity contribution is 4.81. The summed E-state index contributed by atoms with van der Waals surface area (Å²) in [5.74, 6) is 1.45. The summed E-state index contributed by atoms with van der Waals surface area (Å²) >= 11 is 0. The summed E-state index contributed by atoms with van der Waals surface area (Å²) in [7, 11) is 4.31. The number of imidazole rings is 1. The molecule has 0 fully saturated rings. The number of aromatic nitrogens is 2. The van der Waals surface area contributed by atoms with E-state index in [9.17, 15) is 0 Å². The predicted molar refractivity (Wildman–Crippen MR) is 105 cm³/mol. The van der Waals surface area contributed by atoms with Crippen LogP contribution in [0.5, 0.6) is 0 Å². The van der Waals surface area contributed by atoms with Gasteiger partial charge in [0.25, 0.3) is 5.82 Å². The van der Waals surface area contributed by atoms with E-state index in [1.54, 1.807) is 0 Å². The second kappa shape index (κ2) is 14.5. The molecule has 2 nitrogen and oxygen atoms in total. The second-order valence-electron chi connectivity index (χ2n) is 7.64. The van der Waals surface area contributed by atoms with Crippen LogP contribution in [0.15, 0.2) is 12.4 Å². The van der Waals surface area contributed by atoms with Crippen molar-refractivity contribution in [1.82, 2.24) is 4.57 Å². The van der Waals surface area contributed by atoms with E-state index in [4.69, 9.17) is 0 Å². The van der Waals surface area contributed by atoms with Crippen molar-refractivity contribution in [3.8, 4) is 0 Å². The Bertz CT molecular complexity index is 375. The van der Waals surface area contributed by atoms with E-state index >= 15 is 0 Å². The van der Waals surface area contributed by atoms with Gasteiger partial charge >= 0.3 is 0 Å². The molecule has 2 heteroatoms. The van der Waals surface area contributed by atoms with Crippen molar-refractivity contribution >= 4 is 0 Å². The fourth-order valence-electron chi connectivity index (χ4n) is 3.63. The number of nitrogens with zero attached hydrogens (tertiary/aromatic N) is 2. The van der Waals surface area contributed by atoms with Gasteiger partial charge in [-0.3, -0.25) is 0 Å². The normalized spacial score (nSPS) is 11.3. The van der Waals surface area contributed by atoms with Crippen LogP contribution in [-0.2, 0) is 20.5 Å². The fraction of sp³-hybridized carbons (Fsp3) is 0.864. The van der Waals surface area contributed by atoms with E-state index in [0.29, 0.717) is 0 Å². The van der Waals surface area contributed by atoms with Crippen LogP contribution in [-0.4, -0.2) is 4.57 Å². The molecule has 24 heavy (non-hydrogen) atoms. The first-order valence-electron chi connectivity index (χ1n) is 10.8. The summed E-state index contributed by atoms with van der Waals surface area (Å²) < 4.78 is 4.51. The number of aryl methyl sites for hydroxylation is 2. The Hall–Kier alpha value is -0.790. The van der Waals surface area contributed by atoms with Crippen LogP contribution >= 0.6 is 0 Å². The Morgan fingerprint density at radius 2 is 1.12 bits per heavy atom. The molecule has 0 unspecified atom stereocenters. The minimum absolute atomic E-state index is 1.22. The highest BCUT2D eigenvalue weighted by atomic mass is 15.1. The molecule has 0 N–H and O–H groups in total. The topological polar surface area (TPSA) is 8.81 Å². The molecule has 1 rings (SSSR count). The van der Waals surface area contributed by atoms with Gasteiger partial charge in [0.05, 0.1) is 14.1 Å². The van der Waals surface area contributed by atoms with E-state index in [1.165, 1.54) is 109 Å². The first-order valence-corrected chi connectivity index (χ1v) is 10.8. The van der Waals surface area contributed by atoms with E-state index < -0.39 is 0 Å². The van der Waals surface area contributed by atoms with E-state index in [1.807, 2.05) is 0 Å². The fourth-order valence-corrected chi connectivity index (χ4v) is 3.63. The van der Waals surface area contributed by atoms with Crippen molar-refractivity contribution in [3.63, 3.8) is 0 Å². The predicted octanol–water partition coefficient (Wildman–Crippen LogP) is 6.26. The highest BCUT2D eigenvalue weighted by Crippen LogP contribution is 2.13. The van der Waals surface area contributed by atoms with Gasteiger partial charge in [0.2, 0.25) is 0 Å². The van der Waals surface area contributed by atoms with Gasteiger partial charge in [-0.25, -0.2) is 9.13 Å². The Balaban J connectivity index is 1.78. The molecule has 0 spiro atoms. The molecule has 140 valence electrons. The molecule has 1 aromatic heterocycles. The third kappa shape index (κ3) is 10.2. The molecule has 0 atom stereocenters. The van der Waals surface area contributed by atoms with Crippen molar-refractivity contribution in [1.29, 1.82) is 0 Å². The molecule has 0 aliphatic carbocycles. The monoisotopic (exact) mass is 335 g/mol. The lowest BCUT2D eigenvalue weighted by molar-refractivity contribution is -0.678. The molecule has 0 saturated carbocycles. The summed E-state index contributed by atoms with van der Waals surface area (Å²) in [6.45, 7) is 2.29. The minimum Gasteiger partial charge on any atom is -0.237 e. The molecule has 1 heterocycles. The SMILES string of the molecule is CCCCCCCCCCCCCCCCCc1n(C)cc[n+]1C. The smallest absolute Gasteiger partial charge is 0.237 e. The van der Waals surface area contributed by atoms with Crippen molar-refractivity contribution in [2.45, 2.75) is 110 Å². The highest BCUT2D eigenvalue weighted by Gasteiger charge is 2.09. The molecule has 1 aromatic rings. The van der Waals surface area contributed by atoms with Crippen LogP contribution in [0.4, 0.5) is 0 Å². The van der Waals surface area contributed by atoms with Gasteiger partial charge in [0.15, 0.2) is 0 Å². The van der Waals surface area contributed by atoms with Crippen LogP contribution in [0, 0.1) is 0 Å². The quantitative estimate of drug-likeness (QED) is 0.249. The second-order valence-corrected chi connectivity index (χ2v) is 7.64. The van der Waals surface area contributed by atoms with E-state index in [2.05, 4.69) is 42.5 Å². The minimum atomic E-state index is 1.22. The first kappa shape index (κ1) is 21.3. The summed E-state index contributed by atoms with van der Waals surface area (Å²) in [5, 5.41) is 0. The van der Waals surface area contributed by atoms with E-state index in [-0.39, 0.29) is 0 Å². The molecule has 0 aliphatic heterocycles. The van der Waals surface area contributed by atoms with Gasteiger partial charge < -0.3 is 0 Å². The van der Waals surface area contributed by atoms with Crippen molar-refractivity contribution in [2.75, 3.05) is 0 Å². The average Bonchev–Trinajstić information content (AvgIpc) is 2.90. The zero-order valence-electron chi connectivity index (χ0n) is 16.9. The maximum atomic E-state index is 2.29. The molecule has 0 aliphatic rings. The Morgan fingerprint density at radius 3 is 1.50 bits per heavy atom.